The summed E-state index contributed by atoms with van der Waals surface area (Å²) >= 11 is 6.30. The number of hydrogen-bond acceptors (Lipinski definition) is 6. The summed E-state index contributed by atoms with van der Waals surface area (Å²) < 4.78 is 18.4. The number of hydrogen-bond donors (Lipinski definition) is 1. The van der Waals surface area contributed by atoms with E-state index in [2.05, 4.69) is 15.2 Å². The minimum Gasteiger partial charge on any atom is -0.490 e. The summed E-state index contributed by atoms with van der Waals surface area (Å²) in [5.41, 5.74) is 2.38. The second-order valence-corrected chi connectivity index (χ2v) is 10.4. The molecule has 0 radical (unpaired) electrons. The van der Waals surface area contributed by atoms with Gasteiger partial charge in [-0.05, 0) is 67.9 Å². The molecular weight excluding hydrogens is 538 g/mol. The minimum absolute atomic E-state index is 0.152. The molecule has 41 heavy (non-hydrogen) atoms. The standard InChI is InChI=1S/C33H34ClN3O4/c34-26-16-17-30-28(21-26)36-33(38)23-37(19-9-1-2-10-20-39-31-14-5-6-15-32(31)41-30)22-25-11-3-4-13-29(25)40-24-27-12-7-8-18-35-27/h3-8,11-18,21H,1-2,9-10,19-20,22-24H2,(H,36,38). The van der Waals surface area contributed by atoms with Crippen LogP contribution in [0.15, 0.2) is 91.1 Å². The molecule has 212 valence electrons. The number of aromatic nitrogens is 1. The highest BCUT2D eigenvalue weighted by molar-refractivity contribution is 6.31. The summed E-state index contributed by atoms with van der Waals surface area (Å²) in [5, 5.41) is 3.52. The fraction of sp³-hybridized carbons (Fsp3) is 0.273. The van der Waals surface area contributed by atoms with Crippen molar-refractivity contribution in [1.29, 1.82) is 0 Å². The molecule has 1 aliphatic heterocycles. The van der Waals surface area contributed by atoms with Crippen molar-refractivity contribution in [2.24, 2.45) is 0 Å². The van der Waals surface area contributed by atoms with Crippen LogP contribution in [0.2, 0.25) is 5.02 Å². The van der Waals surface area contributed by atoms with Gasteiger partial charge >= 0.3 is 0 Å². The van der Waals surface area contributed by atoms with E-state index in [9.17, 15) is 4.79 Å². The van der Waals surface area contributed by atoms with Crippen molar-refractivity contribution in [1.82, 2.24) is 9.88 Å². The third-order valence-electron chi connectivity index (χ3n) is 6.75. The Morgan fingerprint density at radius 2 is 1.68 bits per heavy atom. The van der Waals surface area contributed by atoms with Crippen LogP contribution in [0.3, 0.4) is 0 Å². The lowest BCUT2D eigenvalue weighted by atomic mass is 10.1. The topological polar surface area (TPSA) is 72.9 Å². The summed E-state index contributed by atoms with van der Waals surface area (Å²) in [6, 6.07) is 26.5. The molecule has 0 saturated carbocycles. The molecule has 4 aromatic rings. The third-order valence-corrected chi connectivity index (χ3v) is 6.98. The summed E-state index contributed by atoms with van der Waals surface area (Å²) in [6.07, 6.45) is 5.73. The van der Waals surface area contributed by atoms with Gasteiger partial charge in [0.2, 0.25) is 5.91 Å². The largest absolute Gasteiger partial charge is 0.490 e. The number of nitrogens with one attached hydrogen (secondary N) is 1. The monoisotopic (exact) mass is 571 g/mol. The van der Waals surface area contributed by atoms with Crippen molar-refractivity contribution in [3.63, 3.8) is 0 Å². The average Bonchev–Trinajstić information content (AvgIpc) is 2.98. The first kappa shape index (κ1) is 28.5. The van der Waals surface area contributed by atoms with E-state index < -0.39 is 0 Å². The number of fused-ring (bicyclic) bond motifs is 2. The molecule has 0 unspecified atom stereocenters. The van der Waals surface area contributed by atoms with Crippen molar-refractivity contribution in [3.05, 3.63) is 107 Å². The van der Waals surface area contributed by atoms with Gasteiger partial charge in [-0.25, -0.2) is 0 Å². The predicted molar refractivity (Wildman–Crippen MR) is 161 cm³/mol. The Morgan fingerprint density at radius 1 is 0.878 bits per heavy atom. The molecule has 0 spiro atoms. The van der Waals surface area contributed by atoms with Gasteiger partial charge in [-0.1, -0.05) is 60.8 Å². The van der Waals surface area contributed by atoms with Gasteiger partial charge in [0, 0.05) is 23.3 Å². The van der Waals surface area contributed by atoms with Crippen molar-refractivity contribution in [3.8, 4) is 23.0 Å². The first-order valence-electron chi connectivity index (χ1n) is 14.0. The quantitative estimate of drug-likeness (QED) is 0.267. The number of amides is 1. The maximum atomic E-state index is 13.4. The van der Waals surface area contributed by atoms with Gasteiger partial charge in [0.05, 0.1) is 24.5 Å². The molecule has 0 bridgehead atoms. The van der Waals surface area contributed by atoms with Crippen LogP contribution < -0.4 is 19.5 Å². The molecule has 2 heterocycles. The number of para-hydroxylation sites is 3. The first-order chi connectivity index (χ1) is 20.1. The summed E-state index contributed by atoms with van der Waals surface area (Å²) in [7, 11) is 0. The molecule has 3 aromatic carbocycles. The van der Waals surface area contributed by atoms with Crippen LogP contribution >= 0.6 is 11.6 Å². The first-order valence-corrected chi connectivity index (χ1v) is 14.3. The van der Waals surface area contributed by atoms with E-state index in [4.69, 9.17) is 25.8 Å². The Labute approximate surface area is 246 Å². The zero-order valence-electron chi connectivity index (χ0n) is 22.9. The number of carbonyl (C=O) groups excluding carboxylic acids is 1. The highest BCUT2D eigenvalue weighted by atomic mass is 35.5. The molecule has 1 aliphatic rings. The molecule has 8 heteroatoms. The van der Waals surface area contributed by atoms with Crippen molar-refractivity contribution < 1.29 is 19.0 Å². The number of anilines is 1. The van der Waals surface area contributed by atoms with Gasteiger partial charge in [0.25, 0.3) is 0 Å². The Bertz CT molecular complexity index is 1430. The van der Waals surface area contributed by atoms with E-state index in [-0.39, 0.29) is 12.5 Å². The van der Waals surface area contributed by atoms with E-state index in [0.29, 0.717) is 47.7 Å². The second-order valence-electron chi connectivity index (χ2n) is 9.93. The lowest BCUT2D eigenvalue weighted by molar-refractivity contribution is -0.117. The molecule has 0 atom stereocenters. The van der Waals surface area contributed by atoms with E-state index >= 15 is 0 Å². The van der Waals surface area contributed by atoms with Crippen LogP contribution in [0.25, 0.3) is 0 Å². The number of benzene rings is 3. The Balaban J connectivity index is 1.34. The van der Waals surface area contributed by atoms with E-state index in [1.165, 1.54) is 0 Å². The minimum atomic E-state index is -0.152. The van der Waals surface area contributed by atoms with Crippen LogP contribution in [-0.4, -0.2) is 35.5 Å². The van der Waals surface area contributed by atoms with Crippen LogP contribution in [-0.2, 0) is 17.9 Å². The molecular formula is C33H34ClN3O4. The van der Waals surface area contributed by atoms with Crippen LogP contribution in [0.4, 0.5) is 5.69 Å². The fourth-order valence-corrected chi connectivity index (χ4v) is 4.86. The highest BCUT2D eigenvalue weighted by Gasteiger charge is 2.17. The predicted octanol–water partition coefficient (Wildman–Crippen LogP) is 7.50. The molecule has 5 rings (SSSR count). The average molecular weight is 572 g/mol. The van der Waals surface area contributed by atoms with Gasteiger partial charge in [-0.15, -0.1) is 0 Å². The van der Waals surface area contributed by atoms with Crippen LogP contribution in [0.5, 0.6) is 23.0 Å². The summed E-state index contributed by atoms with van der Waals surface area (Å²) in [4.78, 5) is 19.9. The van der Waals surface area contributed by atoms with Crippen molar-refractivity contribution >= 4 is 23.2 Å². The number of halogens is 1. The number of nitrogens with zero attached hydrogens (tertiary/aromatic N) is 2. The lowest BCUT2D eigenvalue weighted by Gasteiger charge is -2.24. The molecule has 1 aromatic heterocycles. The molecule has 1 amide bonds. The molecule has 0 aliphatic carbocycles. The second kappa shape index (κ2) is 14.5. The number of rotatable bonds is 5. The van der Waals surface area contributed by atoms with Crippen molar-refractivity contribution in [2.75, 3.05) is 25.0 Å². The summed E-state index contributed by atoms with van der Waals surface area (Å²) in [5.74, 6) is 2.38. The number of pyridine rings is 1. The van der Waals surface area contributed by atoms with E-state index in [0.717, 1.165) is 49.2 Å². The fourth-order valence-electron chi connectivity index (χ4n) is 4.69. The zero-order valence-corrected chi connectivity index (χ0v) is 23.7. The van der Waals surface area contributed by atoms with E-state index in [1.807, 2.05) is 66.7 Å². The van der Waals surface area contributed by atoms with Gasteiger partial charge in [0.15, 0.2) is 17.2 Å². The highest BCUT2D eigenvalue weighted by Crippen LogP contribution is 2.36. The van der Waals surface area contributed by atoms with E-state index in [1.54, 1.807) is 24.4 Å². The Hall–Kier alpha value is -4.07. The van der Waals surface area contributed by atoms with Crippen LogP contribution in [0.1, 0.15) is 36.9 Å². The van der Waals surface area contributed by atoms with Gasteiger partial charge in [0.1, 0.15) is 12.4 Å². The molecule has 7 nitrogen and oxygen atoms in total. The molecule has 0 saturated heterocycles. The molecule has 0 fully saturated rings. The zero-order chi connectivity index (χ0) is 28.3. The summed E-state index contributed by atoms with van der Waals surface area (Å²) in [6.45, 7) is 2.53. The lowest BCUT2D eigenvalue weighted by Crippen LogP contribution is -2.34. The maximum Gasteiger partial charge on any atom is 0.238 e. The Morgan fingerprint density at radius 3 is 2.56 bits per heavy atom. The third kappa shape index (κ3) is 8.46. The normalized spacial score (nSPS) is 15.0. The number of carbonyl (C=O) groups is 1. The number of ether oxygens (including phenoxy) is 3. The van der Waals surface area contributed by atoms with Gasteiger partial charge in [-0.2, -0.15) is 0 Å². The molecule has 1 N–H and O–H groups in total. The van der Waals surface area contributed by atoms with Gasteiger partial charge < -0.3 is 19.5 Å². The SMILES string of the molecule is O=C1CN(Cc2ccccc2OCc2ccccn2)CCCCCCOc2ccccc2Oc2ccc(Cl)cc2N1. The smallest absolute Gasteiger partial charge is 0.238 e. The van der Waals surface area contributed by atoms with Gasteiger partial charge in [-0.3, -0.25) is 14.7 Å². The Kier molecular flexibility index (Phi) is 10.1. The van der Waals surface area contributed by atoms with Crippen molar-refractivity contribution in [2.45, 2.75) is 38.8 Å². The van der Waals surface area contributed by atoms with Crippen LogP contribution in [0, 0.1) is 0 Å². The maximum absolute atomic E-state index is 13.4.